The molecule has 0 fully saturated rings. The van der Waals surface area contributed by atoms with E-state index in [-0.39, 0.29) is 49.0 Å². The number of aliphatic hydroxyl groups excluding tert-OH is 10. The molecule has 37 heavy (non-hydrogen) atoms. The van der Waals surface area contributed by atoms with E-state index in [2.05, 4.69) is 0 Å². The molecule has 0 bridgehead atoms. The molecule has 216 valence electrons. The van der Waals surface area contributed by atoms with Gasteiger partial charge in [-0.25, -0.2) is 0 Å². The van der Waals surface area contributed by atoms with E-state index < -0.39 is 62.0 Å². The summed E-state index contributed by atoms with van der Waals surface area (Å²) < 4.78 is 0.334. The molecule has 10 N–H and O–H groups in total. The van der Waals surface area contributed by atoms with Crippen molar-refractivity contribution in [1.29, 1.82) is 0 Å². The van der Waals surface area contributed by atoms with Crippen molar-refractivity contribution in [2.75, 3.05) is 39.4 Å². The van der Waals surface area contributed by atoms with Crippen molar-refractivity contribution in [1.82, 2.24) is 9.80 Å². The van der Waals surface area contributed by atoms with Crippen LogP contribution < -0.4 is 0 Å². The van der Waals surface area contributed by atoms with Crippen LogP contribution in [0.25, 0.3) is 0 Å². The zero-order valence-electron chi connectivity index (χ0n) is 21.0. The standard InChI is InChI=1S/2C10H21NO5S2.Cd/c2*1-2-3-11(10(17)18)4-6(13)8(15)9(16)7(14)5-12;/h2*6-9,12-16H,2-5H2,1H3,(H,17,18);/q;;+2/p-2. The van der Waals surface area contributed by atoms with Crippen LogP contribution in [0.1, 0.15) is 26.7 Å². The van der Waals surface area contributed by atoms with Crippen molar-refractivity contribution in [3.05, 3.63) is 0 Å². The van der Waals surface area contributed by atoms with Gasteiger partial charge < -0.3 is 111 Å². The summed E-state index contributed by atoms with van der Waals surface area (Å²) in [5.74, 6) is 0. The predicted molar refractivity (Wildman–Crippen MR) is 146 cm³/mol. The fourth-order valence-electron chi connectivity index (χ4n) is 2.85. The van der Waals surface area contributed by atoms with E-state index in [1.54, 1.807) is 0 Å². The van der Waals surface area contributed by atoms with Crippen molar-refractivity contribution < 1.29 is 78.4 Å². The van der Waals surface area contributed by atoms with Crippen LogP contribution in [0, 0.1) is 0 Å². The van der Waals surface area contributed by atoms with E-state index in [1.807, 2.05) is 13.8 Å². The van der Waals surface area contributed by atoms with Gasteiger partial charge in [-0.1, -0.05) is 22.5 Å². The molecule has 12 nitrogen and oxygen atoms in total. The van der Waals surface area contributed by atoms with Gasteiger partial charge in [-0.05, 0) is 12.8 Å². The molecule has 0 radical (unpaired) electrons. The van der Waals surface area contributed by atoms with Gasteiger partial charge in [-0.15, -0.1) is 0 Å². The molecule has 0 aromatic carbocycles. The van der Waals surface area contributed by atoms with E-state index in [9.17, 15) is 30.6 Å². The first-order valence-electron chi connectivity index (χ1n) is 11.3. The maximum absolute atomic E-state index is 9.73. The van der Waals surface area contributed by atoms with Crippen LogP contribution in [-0.2, 0) is 52.6 Å². The fourth-order valence-corrected chi connectivity index (χ4v) is 3.51. The summed E-state index contributed by atoms with van der Waals surface area (Å²) in [5.41, 5.74) is 0. The first-order valence-corrected chi connectivity index (χ1v) is 12.9. The summed E-state index contributed by atoms with van der Waals surface area (Å²) in [7, 11) is 0. The van der Waals surface area contributed by atoms with E-state index in [0.29, 0.717) is 13.1 Å². The van der Waals surface area contributed by atoms with Gasteiger partial charge >= 0.3 is 27.3 Å². The largest absolute Gasteiger partial charge is 2.00 e. The minimum atomic E-state index is -1.63. The van der Waals surface area contributed by atoms with Gasteiger partial charge in [-0.3, -0.25) is 0 Å². The molecule has 0 heterocycles. The van der Waals surface area contributed by atoms with Gasteiger partial charge in [0.05, 0.1) is 25.4 Å². The average molecular weight is 709 g/mol. The molecule has 0 saturated carbocycles. The third kappa shape index (κ3) is 17.2. The van der Waals surface area contributed by atoms with Gasteiger partial charge in [0.25, 0.3) is 0 Å². The smallest absolute Gasteiger partial charge is 0.411 e. The first-order chi connectivity index (χ1) is 16.7. The van der Waals surface area contributed by atoms with Crippen LogP contribution in [0.15, 0.2) is 0 Å². The second-order valence-electron chi connectivity index (χ2n) is 8.02. The van der Waals surface area contributed by atoms with Crippen molar-refractivity contribution >= 4 is 58.3 Å². The molecule has 0 saturated heterocycles. The Morgan fingerprint density at radius 3 is 1.03 bits per heavy atom. The fraction of sp³-hybridized carbons (Fsp3) is 0.900. The second-order valence-corrected chi connectivity index (χ2v) is 10.1. The third-order valence-electron chi connectivity index (χ3n) is 4.97. The Labute approximate surface area is 259 Å². The van der Waals surface area contributed by atoms with Gasteiger partial charge in [-0.2, -0.15) is 0 Å². The summed E-state index contributed by atoms with van der Waals surface area (Å²) >= 11 is 19.3. The normalized spacial score (nSPS) is 17.4. The Morgan fingerprint density at radius 2 is 0.838 bits per heavy atom. The Balaban J connectivity index is -0.000000608. The van der Waals surface area contributed by atoms with E-state index in [1.165, 1.54) is 9.80 Å². The summed E-state index contributed by atoms with van der Waals surface area (Å²) in [6.07, 6.45) is -10.6. The molecular formula is C20H40CdN2O10S4. The molecule has 0 aliphatic heterocycles. The van der Waals surface area contributed by atoms with Crippen LogP contribution in [0.2, 0.25) is 0 Å². The van der Waals surface area contributed by atoms with Crippen molar-refractivity contribution in [3.8, 4) is 0 Å². The predicted octanol–water partition coefficient (Wildman–Crippen LogP) is -4.07. The molecular weight excluding hydrogens is 669 g/mol. The van der Waals surface area contributed by atoms with Crippen LogP contribution >= 0.6 is 24.4 Å². The summed E-state index contributed by atoms with van der Waals surface area (Å²) in [4.78, 5) is 3.05. The summed E-state index contributed by atoms with van der Waals surface area (Å²) in [6, 6.07) is 0. The van der Waals surface area contributed by atoms with Gasteiger partial charge in [0.15, 0.2) is 0 Å². The van der Waals surface area contributed by atoms with Crippen LogP contribution in [0.4, 0.5) is 0 Å². The first kappa shape index (κ1) is 42.2. The SMILES string of the molecule is CCCN(CC(O)C(O)C(O)C(O)CO)C(=S)[S-].CCCN(CC(O)C(O)C(O)C(O)CO)C(=S)[S-].[Cd+2]. The van der Waals surface area contributed by atoms with Crippen molar-refractivity contribution in [3.63, 3.8) is 0 Å². The second kappa shape index (κ2) is 23.4. The van der Waals surface area contributed by atoms with Crippen molar-refractivity contribution in [2.24, 2.45) is 0 Å². The zero-order chi connectivity index (χ0) is 28.6. The quantitative estimate of drug-likeness (QED) is 0.0420. The number of rotatable bonds is 16. The van der Waals surface area contributed by atoms with Gasteiger partial charge in [0, 0.05) is 26.2 Å². The molecule has 0 rings (SSSR count). The third-order valence-corrected chi connectivity index (χ3v) is 6.00. The molecule has 0 spiro atoms. The molecule has 0 amide bonds. The monoisotopic (exact) mass is 710 g/mol. The number of nitrogens with zero attached hydrogens (tertiary/aromatic N) is 2. The Bertz CT molecular complexity index is 569. The van der Waals surface area contributed by atoms with E-state index in [0.717, 1.165) is 12.8 Å². The van der Waals surface area contributed by atoms with Crippen LogP contribution in [-0.4, -0.2) is 158 Å². The minimum absolute atomic E-state index is 0. The summed E-state index contributed by atoms with van der Waals surface area (Å²) in [5, 5.41) is 93.2. The Kier molecular flexibility index (Phi) is 26.8. The number of thiocarbonyl (C=S) groups is 2. The molecule has 17 heteroatoms. The maximum atomic E-state index is 9.73. The van der Waals surface area contributed by atoms with Crippen molar-refractivity contribution in [2.45, 2.75) is 75.5 Å². The van der Waals surface area contributed by atoms with Crippen LogP contribution in [0.3, 0.4) is 0 Å². The zero-order valence-corrected chi connectivity index (χ0v) is 28.3. The van der Waals surface area contributed by atoms with E-state index >= 15 is 0 Å². The molecule has 8 unspecified atom stereocenters. The minimum Gasteiger partial charge on any atom is -0.411 e. The molecule has 8 atom stereocenters. The molecule has 0 aliphatic carbocycles. The molecule has 0 aromatic heterocycles. The number of hydrogen-bond donors (Lipinski definition) is 10. The summed E-state index contributed by atoms with van der Waals surface area (Å²) in [6.45, 7) is 3.41. The van der Waals surface area contributed by atoms with Crippen LogP contribution in [0.5, 0.6) is 0 Å². The van der Waals surface area contributed by atoms with Gasteiger partial charge in [0.1, 0.15) is 36.6 Å². The topological polar surface area (TPSA) is 209 Å². The Hall–Kier alpha value is 0.742. The average Bonchev–Trinajstić information content (AvgIpc) is 2.85. The molecule has 0 aromatic rings. The maximum Gasteiger partial charge on any atom is 2.00 e. The number of hydrogen-bond acceptors (Lipinski definition) is 14. The van der Waals surface area contributed by atoms with E-state index in [4.69, 9.17) is 70.1 Å². The molecule has 0 aliphatic rings. The number of aliphatic hydroxyl groups is 10. The Morgan fingerprint density at radius 1 is 0.595 bits per heavy atom. The van der Waals surface area contributed by atoms with Gasteiger partial charge in [0.2, 0.25) is 0 Å².